The molecule has 2 aromatic rings. The Morgan fingerprint density at radius 3 is 2.19 bits per heavy atom. The van der Waals surface area contributed by atoms with Crippen LogP contribution in [0.5, 0.6) is 0 Å². The molecule has 4 nitrogen and oxygen atoms in total. The predicted octanol–water partition coefficient (Wildman–Crippen LogP) is 3.39. The number of benzene rings is 2. The molecule has 1 amide bonds. The standard InChI is InChI=1S/C18H16F3NO3S/c19-18(20,21)14-8-6-13(7-9-14)17(23)22-11-10-16(12-22)26(24,25)15-4-2-1-3-5-15/h1-9,16H,10-12H2. The van der Waals surface area contributed by atoms with Crippen LogP contribution in [0.2, 0.25) is 0 Å². The number of rotatable bonds is 3. The molecule has 1 aliphatic heterocycles. The monoisotopic (exact) mass is 383 g/mol. The summed E-state index contributed by atoms with van der Waals surface area (Å²) >= 11 is 0. The van der Waals surface area contributed by atoms with Crippen LogP contribution >= 0.6 is 0 Å². The average molecular weight is 383 g/mol. The van der Waals surface area contributed by atoms with Crippen molar-refractivity contribution in [3.8, 4) is 0 Å². The molecule has 1 unspecified atom stereocenters. The first-order valence-corrected chi connectivity index (χ1v) is 9.50. The van der Waals surface area contributed by atoms with Crippen LogP contribution in [0.4, 0.5) is 13.2 Å². The van der Waals surface area contributed by atoms with E-state index in [1.807, 2.05) is 0 Å². The van der Waals surface area contributed by atoms with E-state index in [-0.39, 0.29) is 23.5 Å². The zero-order valence-corrected chi connectivity index (χ0v) is 14.4. The second-order valence-corrected chi connectivity index (χ2v) is 8.32. The quantitative estimate of drug-likeness (QED) is 0.816. The van der Waals surface area contributed by atoms with Crippen molar-refractivity contribution >= 4 is 15.7 Å². The van der Waals surface area contributed by atoms with Gasteiger partial charge in [-0.15, -0.1) is 0 Å². The summed E-state index contributed by atoms with van der Waals surface area (Å²) in [7, 11) is -3.56. The van der Waals surface area contributed by atoms with Crippen LogP contribution in [-0.4, -0.2) is 37.6 Å². The Labute approximate surface area is 149 Å². The van der Waals surface area contributed by atoms with Gasteiger partial charge in [0, 0.05) is 18.7 Å². The highest BCUT2D eigenvalue weighted by Gasteiger charge is 2.36. The summed E-state index contributed by atoms with van der Waals surface area (Å²) in [4.78, 5) is 14.0. The second kappa shape index (κ2) is 6.75. The van der Waals surface area contributed by atoms with E-state index in [1.165, 1.54) is 17.0 Å². The SMILES string of the molecule is O=C(c1ccc(C(F)(F)F)cc1)N1CCC(S(=O)(=O)c2ccccc2)C1. The number of likely N-dealkylation sites (tertiary alicyclic amines) is 1. The van der Waals surface area contributed by atoms with Crippen LogP contribution in [-0.2, 0) is 16.0 Å². The minimum Gasteiger partial charge on any atom is -0.337 e. The van der Waals surface area contributed by atoms with Gasteiger partial charge in [0.2, 0.25) is 0 Å². The maximum atomic E-state index is 12.6. The van der Waals surface area contributed by atoms with Gasteiger partial charge >= 0.3 is 6.18 Å². The summed E-state index contributed by atoms with van der Waals surface area (Å²) in [6, 6.07) is 11.9. The van der Waals surface area contributed by atoms with Gasteiger partial charge in [0.25, 0.3) is 5.91 Å². The van der Waals surface area contributed by atoms with Crippen molar-refractivity contribution in [3.63, 3.8) is 0 Å². The fourth-order valence-corrected chi connectivity index (χ4v) is 4.67. The minimum atomic E-state index is -4.47. The third-order valence-corrected chi connectivity index (χ3v) is 6.59. The lowest BCUT2D eigenvalue weighted by molar-refractivity contribution is -0.137. The first kappa shape index (κ1) is 18.4. The number of hydrogen-bond donors (Lipinski definition) is 0. The van der Waals surface area contributed by atoms with E-state index in [0.29, 0.717) is 6.42 Å². The molecule has 0 bridgehead atoms. The molecular weight excluding hydrogens is 367 g/mol. The van der Waals surface area contributed by atoms with Crippen molar-refractivity contribution in [2.45, 2.75) is 22.7 Å². The van der Waals surface area contributed by atoms with Crippen molar-refractivity contribution in [3.05, 3.63) is 65.7 Å². The van der Waals surface area contributed by atoms with Gasteiger partial charge in [-0.25, -0.2) is 8.42 Å². The lowest BCUT2D eigenvalue weighted by Crippen LogP contribution is -2.32. The topological polar surface area (TPSA) is 54.5 Å². The minimum absolute atomic E-state index is 0.0249. The van der Waals surface area contributed by atoms with Gasteiger partial charge in [-0.3, -0.25) is 4.79 Å². The molecule has 8 heteroatoms. The van der Waals surface area contributed by atoms with Crippen LogP contribution in [0.1, 0.15) is 22.3 Å². The molecule has 138 valence electrons. The molecule has 1 heterocycles. The zero-order valence-electron chi connectivity index (χ0n) is 13.6. The maximum Gasteiger partial charge on any atom is 0.416 e. The molecule has 26 heavy (non-hydrogen) atoms. The number of carbonyl (C=O) groups is 1. The number of hydrogen-bond acceptors (Lipinski definition) is 3. The van der Waals surface area contributed by atoms with E-state index in [2.05, 4.69) is 0 Å². The first-order valence-electron chi connectivity index (χ1n) is 7.95. The highest BCUT2D eigenvalue weighted by atomic mass is 32.2. The van der Waals surface area contributed by atoms with Crippen molar-refractivity contribution in [2.75, 3.05) is 13.1 Å². The molecule has 0 aliphatic carbocycles. The fourth-order valence-electron chi connectivity index (χ4n) is 2.95. The highest BCUT2D eigenvalue weighted by molar-refractivity contribution is 7.92. The number of alkyl halides is 3. The van der Waals surface area contributed by atoms with E-state index in [1.54, 1.807) is 18.2 Å². The molecule has 3 rings (SSSR count). The van der Waals surface area contributed by atoms with Gasteiger partial charge in [0.1, 0.15) is 0 Å². The third-order valence-electron chi connectivity index (χ3n) is 4.40. The smallest absolute Gasteiger partial charge is 0.337 e. The number of carbonyl (C=O) groups excluding carboxylic acids is 1. The third kappa shape index (κ3) is 3.60. The first-order chi connectivity index (χ1) is 12.2. The van der Waals surface area contributed by atoms with Crippen LogP contribution in [0.25, 0.3) is 0 Å². The summed E-state index contributed by atoms with van der Waals surface area (Å²) in [6.07, 6.45) is -4.17. The Morgan fingerprint density at radius 1 is 1.00 bits per heavy atom. The molecule has 1 aliphatic rings. The van der Waals surface area contributed by atoms with E-state index in [9.17, 15) is 26.4 Å². The summed E-state index contributed by atoms with van der Waals surface area (Å²) in [5, 5.41) is -0.719. The van der Waals surface area contributed by atoms with Crippen LogP contribution < -0.4 is 0 Å². The Balaban J connectivity index is 1.73. The average Bonchev–Trinajstić information content (AvgIpc) is 3.12. The normalized spacial score (nSPS) is 18.1. The molecule has 0 aromatic heterocycles. The predicted molar refractivity (Wildman–Crippen MR) is 89.4 cm³/mol. The number of nitrogens with zero attached hydrogens (tertiary/aromatic N) is 1. The largest absolute Gasteiger partial charge is 0.416 e. The van der Waals surface area contributed by atoms with Gasteiger partial charge in [0.15, 0.2) is 9.84 Å². The van der Waals surface area contributed by atoms with Gasteiger partial charge in [-0.1, -0.05) is 18.2 Å². The molecular formula is C18H16F3NO3S. The number of amides is 1. The number of sulfone groups is 1. The van der Waals surface area contributed by atoms with Gasteiger partial charge in [0.05, 0.1) is 15.7 Å². The second-order valence-electron chi connectivity index (χ2n) is 6.10. The molecule has 1 atom stereocenters. The highest BCUT2D eigenvalue weighted by Crippen LogP contribution is 2.30. The van der Waals surface area contributed by atoms with E-state index < -0.39 is 32.7 Å². The van der Waals surface area contributed by atoms with Crippen molar-refractivity contribution in [1.82, 2.24) is 4.90 Å². The van der Waals surface area contributed by atoms with Gasteiger partial charge < -0.3 is 4.90 Å². The fraction of sp³-hybridized carbons (Fsp3) is 0.278. The molecule has 1 fully saturated rings. The molecule has 0 radical (unpaired) electrons. The summed E-state index contributed by atoms with van der Waals surface area (Å²) in [5.41, 5.74) is -0.726. The maximum absolute atomic E-state index is 12.6. The lowest BCUT2D eigenvalue weighted by Gasteiger charge is -2.17. The Morgan fingerprint density at radius 2 is 1.62 bits per heavy atom. The van der Waals surface area contributed by atoms with Gasteiger partial charge in [-0.05, 0) is 42.8 Å². The van der Waals surface area contributed by atoms with Crippen molar-refractivity contribution < 1.29 is 26.4 Å². The molecule has 0 N–H and O–H groups in total. The summed E-state index contributed by atoms with van der Waals surface area (Å²) < 4.78 is 63.1. The van der Waals surface area contributed by atoms with Crippen LogP contribution in [0.3, 0.4) is 0 Å². The zero-order chi connectivity index (χ0) is 18.9. The van der Waals surface area contributed by atoms with Gasteiger partial charge in [-0.2, -0.15) is 13.2 Å². The Hall–Kier alpha value is -2.35. The summed E-state index contributed by atoms with van der Waals surface area (Å²) in [5.74, 6) is -0.468. The Bertz CT molecular complexity index is 894. The van der Waals surface area contributed by atoms with E-state index in [4.69, 9.17) is 0 Å². The molecule has 1 saturated heterocycles. The molecule has 0 spiro atoms. The van der Waals surface area contributed by atoms with Crippen molar-refractivity contribution in [2.24, 2.45) is 0 Å². The van der Waals surface area contributed by atoms with E-state index in [0.717, 1.165) is 24.3 Å². The van der Waals surface area contributed by atoms with E-state index >= 15 is 0 Å². The molecule has 0 saturated carbocycles. The summed E-state index contributed by atoms with van der Waals surface area (Å²) in [6.45, 7) is 0.271. The lowest BCUT2D eigenvalue weighted by atomic mass is 10.1. The van der Waals surface area contributed by atoms with Crippen LogP contribution in [0, 0.1) is 0 Å². The number of halogens is 3. The van der Waals surface area contributed by atoms with Crippen LogP contribution in [0.15, 0.2) is 59.5 Å². The van der Waals surface area contributed by atoms with Crippen molar-refractivity contribution in [1.29, 1.82) is 0 Å². The Kier molecular flexibility index (Phi) is 4.79. The molecule has 2 aromatic carbocycles.